The summed E-state index contributed by atoms with van der Waals surface area (Å²) in [6.45, 7) is 4.62. The summed E-state index contributed by atoms with van der Waals surface area (Å²) >= 11 is 0. The van der Waals surface area contributed by atoms with Crippen molar-refractivity contribution in [2.24, 2.45) is 0 Å². The molecule has 0 aliphatic carbocycles. The highest BCUT2D eigenvalue weighted by Gasteiger charge is 2.31. The average molecular weight is 839 g/mol. The van der Waals surface area contributed by atoms with Crippen LogP contribution in [0.4, 0.5) is 0 Å². The van der Waals surface area contributed by atoms with Gasteiger partial charge in [0.2, 0.25) is 0 Å². The van der Waals surface area contributed by atoms with E-state index in [1.165, 1.54) is 51.4 Å². The van der Waals surface area contributed by atoms with E-state index in [0.717, 1.165) is 89.9 Å². The number of hydrogen-bond donors (Lipinski definition) is 1. The molecule has 2 unspecified atom stereocenters. The number of nitrogens with zero attached hydrogens (tertiary/aromatic N) is 1. The van der Waals surface area contributed by atoms with Crippen LogP contribution in [0.2, 0.25) is 0 Å². The van der Waals surface area contributed by atoms with Gasteiger partial charge >= 0.3 is 17.9 Å². The first-order valence-corrected chi connectivity index (χ1v) is 23.7. The molecule has 0 aromatic rings. The molecule has 0 heterocycles. The van der Waals surface area contributed by atoms with E-state index in [1.807, 2.05) is 21.1 Å². The molecule has 0 spiro atoms. The molecule has 0 saturated carbocycles. The highest BCUT2D eigenvalue weighted by molar-refractivity contribution is 5.72. The van der Waals surface area contributed by atoms with Gasteiger partial charge in [0, 0.05) is 19.3 Å². The number of rotatable bonds is 41. The number of likely N-dealkylation sites (N-methyl/N-ethyl adjacent to an activating group) is 1. The van der Waals surface area contributed by atoms with Gasteiger partial charge in [-0.15, -0.1) is 0 Å². The minimum Gasteiger partial charge on any atom is -0.477 e. The van der Waals surface area contributed by atoms with Gasteiger partial charge in [-0.1, -0.05) is 176 Å². The fourth-order valence-corrected chi connectivity index (χ4v) is 6.46. The Balaban J connectivity index is 4.43. The molecule has 0 amide bonds. The van der Waals surface area contributed by atoms with Crippen LogP contribution in [0.1, 0.15) is 174 Å². The first-order chi connectivity index (χ1) is 29.1. The minimum atomic E-state index is -0.886. The molecule has 0 saturated heterocycles. The van der Waals surface area contributed by atoms with Crippen molar-refractivity contribution in [1.82, 2.24) is 0 Å². The third-order valence-corrected chi connectivity index (χ3v) is 10.2. The normalized spacial score (nSPS) is 13.7. The Morgan fingerprint density at radius 3 is 1.33 bits per heavy atom. The van der Waals surface area contributed by atoms with Gasteiger partial charge in [0.05, 0.1) is 34.4 Å². The molecular formula is C52H88NO7+. The van der Waals surface area contributed by atoms with Crippen molar-refractivity contribution in [3.63, 3.8) is 0 Å². The maximum absolute atomic E-state index is 12.8. The van der Waals surface area contributed by atoms with Crippen LogP contribution in [-0.4, -0.2) is 80.6 Å². The van der Waals surface area contributed by atoms with Crippen molar-refractivity contribution in [1.29, 1.82) is 0 Å². The molecule has 0 radical (unpaired) electrons. The van der Waals surface area contributed by atoms with Crippen molar-refractivity contribution in [2.75, 3.05) is 41.0 Å². The molecule has 2 atom stereocenters. The van der Waals surface area contributed by atoms with Crippen molar-refractivity contribution in [2.45, 2.75) is 187 Å². The van der Waals surface area contributed by atoms with Crippen LogP contribution in [0.5, 0.6) is 0 Å². The summed E-state index contributed by atoms with van der Waals surface area (Å²) in [6.07, 6.45) is 54.7. The van der Waals surface area contributed by atoms with Crippen LogP contribution in [0, 0.1) is 0 Å². The standard InChI is InChI=1S/C52H87NO7/c1-6-8-10-12-14-16-18-20-22-24-26-28-30-32-34-36-38-40-42-50(54)59-47-48(46-58-45-44-49(52(56)57)53(3,4)5)60-51(55)43-41-39-37-35-33-31-29-27-25-23-21-19-17-15-13-11-9-7-2/h14,16,18-29,48-49H,6-13,15,17,30-47H2,1-5H3/p+1/b16-14+,20-18+,21-19+,24-22+,25-23+,28-26+,29-27+. The predicted octanol–water partition coefficient (Wildman–Crippen LogP) is 13.3. The lowest BCUT2D eigenvalue weighted by Crippen LogP contribution is -2.50. The van der Waals surface area contributed by atoms with E-state index < -0.39 is 18.1 Å². The Morgan fingerprint density at radius 2 is 0.883 bits per heavy atom. The molecule has 0 rings (SSSR count). The van der Waals surface area contributed by atoms with E-state index in [4.69, 9.17) is 14.2 Å². The van der Waals surface area contributed by atoms with Crippen LogP contribution in [0.15, 0.2) is 85.1 Å². The minimum absolute atomic E-state index is 0.0398. The van der Waals surface area contributed by atoms with Crippen LogP contribution in [0.3, 0.4) is 0 Å². The Morgan fingerprint density at radius 1 is 0.500 bits per heavy atom. The molecular weight excluding hydrogens is 751 g/mol. The topological polar surface area (TPSA) is 99.1 Å². The zero-order valence-electron chi connectivity index (χ0n) is 38.9. The van der Waals surface area contributed by atoms with Gasteiger partial charge in [-0.05, 0) is 64.2 Å². The fraction of sp³-hybridized carbons (Fsp3) is 0.673. The van der Waals surface area contributed by atoms with E-state index >= 15 is 0 Å². The van der Waals surface area contributed by atoms with Crippen LogP contribution in [-0.2, 0) is 28.6 Å². The molecule has 0 aromatic carbocycles. The monoisotopic (exact) mass is 839 g/mol. The van der Waals surface area contributed by atoms with E-state index in [-0.39, 0.29) is 36.2 Å². The number of carbonyl (C=O) groups excluding carboxylic acids is 2. The second kappa shape index (κ2) is 42.2. The van der Waals surface area contributed by atoms with Gasteiger partial charge in [0.25, 0.3) is 0 Å². The Hall–Kier alpha value is -3.49. The number of esters is 2. The number of carbonyl (C=O) groups is 3. The van der Waals surface area contributed by atoms with Crippen LogP contribution >= 0.6 is 0 Å². The predicted molar refractivity (Wildman–Crippen MR) is 252 cm³/mol. The quantitative estimate of drug-likeness (QED) is 0.0283. The van der Waals surface area contributed by atoms with E-state index in [9.17, 15) is 19.5 Å². The SMILES string of the molecule is CCCCC/C=C/C=C/C=C/C=C/CCCCCCCC(=O)OCC(COCCC(C(=O)O)[N+](C)(C)C)OC(=O)CCCCCCC/C=C/C=C/C=C/CCCCCCC. The fourth-order valence-electron chi connectivity index (χ4n) is 6.46. The Kier molecular flexibility index (Phi) is 39.8. The van der Waals surface area contributed by atoms with Gasteiger partial charge in [-0.3, -0.25) is 9.59 Å². The van der Waals surface area contributed by atoms with Gasteiger partial charge in [0.1, 0.15) is 6.61 Å². The largest absolute Gasteiger partial charge is 0.477 e. The third kappa shape index (κ3) is 39.9. The second-order valence-corrected chi connectivity index (χ2v) is 16.8. The number of quaternary nitrogens is 1. The van der Waals surface area contributed by atoms with E-state index in [1.54, 1.807) is 0 Å². The third-order valence-electron chi connectivity index (χ3n) is 10.2. The summed E-state index contributed by atoms with van der Waals surface area (Å²) < 4.78 is 17.3. The Bertz CT molecular complexity index is 1250. The molecule has 0 aliphatic heterocycles. The van der Waals surface area contributed by atoms with Crippen LogP contribution in [0.25, 0.3) is 0 Å². The molecule has 0 aliphatic rings. The first kappa shape index (κ1) is 56.5. The zero-order valence-corrected chi connectivity index (χ0v) is 38.9. The highest BCUT2D eigenvalue weighted by Crippen LogP contribution is 2.13. The van der Waals surface area contributed by atoms with Gasteiger partial charge in [-0.2, -0.15) is 0 Å². The highest BCUT2D eigenvalue weighted by atomic mass is 16.6. The maximum Gasteiger partial charge on any atom is 0.362 e. The smallest absolute Gasteiger partial charge is 0.362 e. The van der Waals surface area contributed by atoms with Gasteiger partial charge in [-0.25, -0.2) is 4.79 Å². The lowest BCUT2D eigenvalue weighted by Gasteiger charge is -2.31. The molecule has 342 valence electrons. The molecule has 0 aromatic heterocycles. The number of ether oxygens (including phenoxy) is 3. The van der Waals surface area contributed by atoms with Crippen molar-refractivity contribution in [3.05, 3.63) is 85.1 Å². The van der Waals surface area contributed by atoms with Crippen molar-refractivity contribution >= 4 is 17.9 Å². The second-order valence-electron chi connectivity index (χ2n) is 16.8. The summed E-state index contributed by atoms with van der Waals surface area (Å²) in [5, 5.41) is 9.64. The van der Waals surface area contributed by atoms with Crippen molar-refractivity contribution in [3.8, 4) is 0 Å². The number of hydrogen-bond acceptors (Lipinski definition) is 6. The molecule has 0 bridgehead atoms. The van der Waals surface area contributed by atoms with E-state index in [0.29, 0.717) is 19.3 Å². The van der Waals surface area contributed by atoms with E-state index in [2.05, 4.69) is 98.9 Å². The van der Waals surface area contributed by atoms with Crippen LogP contribution < -0.4 is 0 Å². The Labute approximate surface area is 367 Å². The van der Waals surface area contributed by atoms with Gasteiger partial charge < -0.3 is 23.8 Å². The summed E-state index contributed by atoms with van der Waals surface area (Å²) in [4.78, 5) is 37.1. The molecule has 0 fully saturated rings. The van der Waals surface area contributed by atoms with Gasteiger partial charge in [0.15, 0.2) is 12.1 Å². The zero-order chi connectivity index (χ0) is 44.2. The lowest BCUT2D eigenvalue weighted by molar-refractivity contribution is -0.887. The maximum atomic E-state index is 12.8. The number of aliphatic carboxylic acids is 1. The van der Waals surface area contributed by atoms with Crippen molar-refractivity contribution < 1.29 is 38.2 Å². The molecule has 8 nitrogen and oxygen atoms in total. The average Bonchev–Trinajstić information content (AvgIpc) is 3.21. The molecule has 60 heavy (non-hydrogen) atoms. The summed E-state index contributed by atoms with van der Waals surface area (Å²) in [7, 11) is 5.51. The molecule has 8 heteroatoms. The summed E-state index contributed by atoms with van der Waals surface area (Å²) in [6, 6.07) is -0.627. The number of allylic oxidation sites excluding steroid dienone is 14. The lowest BCUT2D eigenvalue weighted by atomic mass is 10.1. The molecule has 1 N–H and O–H groups in total. The number of unbranched alkanes of at least 4 members (excludes halogenated alkanes) is 18. The number of carboxylic acid groups (broad SMARTS) is 1. The number of carboxylic acids is 1. The summed E-state index contributed by atoms with van der Waals surface area (Å²) in [5.74, 6) is -1.53. The summed E-state index contributed by atoms with van der Waals surface area (Å²) in [5.41, 5.74) is 0. The first-order valence-electron chi connectivity index (χ1n) is 23.7.